The Morgan fingerprint density at radius 2 is 1.77 bits per heavy atom. The number of carbonyl (C=O) groups is 1. The summed E-state index contributed by atoms with van der Waals surface area (Å²) in [6.45, 7) is 6.61. The number of aliphatic carboxylic acids is 1. The Morgan fingerprint density at radius 1 is 1.06 bits per heavy atom. The first-order chi connectivity index (χ1) is 14.5. The molecule has 4 unspecified atom stereocenters. The maximum absolute atomic E-state index is 11.6. The average molecular weight is 550 g/mol. The molecule has 0 aromatic heterocycles. The Balaban J connectivity index is 1.65. The minimum Gasteiger partial charge on any atom is -0.481 e. The Kier molecular flexibility index (Phi) is 6.76. The third kappa shape index (κ3) is 3.69. The van der Waals surface area contributed by atoms with Gasteiger partial charge in [0.05, 0.1) is 24.4 Å². The maximum atomic E-state index is 11.6. The second kappa shape index (κ2) is 8.67. The van der Waals surface area contributed by atoms with Gasteiger partial charge in [0, 0.05) is 18.3 Å². The summed E-state index contributed by atoms with van der Waals surface area (Å²) >= 11 is 1.97. The van der Waals surface area contributed by atoms with Crippen LogP contribution in [0.2, 0.25) is 0 Å². The lowest BCUT2D eigenvalue weighted by molar-refractivity contribution is -0.226. The predicted octanol–water partition coefficient (Wildman–Crippen LogP) is 3.79. The lowest BCUT2D eigenvalue weighted by Gasteiger charge is -2.64. The summed E-state index contributed by atoms with van der Waals surface area (Å²) in [5, 5.41) is 42.5. The van der Waals surface area contributed by atoms with Gasteiger partial charge in [-0.3, -0.25) is 4.79 Å². The van der Waals surface area contributed by atoms with Crippen molar-refractivity contribution < 1.29 is 28.3 Å². The fraction of sp³-hybridized carbons (Fsp3) is 0.958. The van der Waals surface area contributed by atoms with Gasteiger partial charge in [-0.1, -0.05) is 20.8 Å². The summed E-state index contributed by atoms with van der Waals surface area (Å²) < 4.78 is 5.89. The van der Waals surface area contributed by atoms with Gasteiger partial charge >= 0.3 is 5.97 Å². The van der Waals surface area contributed by atoms with Gasteiger partial charge in [0.25, 0.3) is 0 Å². The first kappa shape index (κ1) is 24.2. The molecule has 4 saturated carbocycles. The highest BCUT2D eigenvalue weighted by atomic mass is 127. The minimum absolute atomic E-state index is 0.0786. The molecular weight excluding hydrogens is 511 g/mol. The van der Waals surface area contributed by atoms with Gasteiger partial charge in [-0.2, -0.15) is 0 Å². The number of hydrogen-bond donors (Lipinski definition) is 4. The summed E-state index contributed by atoms with van der Waals surface area (Å²) in [6, 6.07) is 0. The highest BCUT2D eigenvalue weighted by molar-refractivity contribution is 14.1. The summed E-state index contributed by atoms with van der Waals surface area (Å²) in [7, 11) is 0. The third-order valence-corrected chi connectivity index (χ3v) is 11.1. The van der Waals surface area contributed by atoms with Gasteiger partial charge in [0.15, 0.2) is 0 Å². The van der Waals surface area contributed by atoms with E-state index in [1.54, 1.807) is 0 Å². The molecule has 0 spiro atoms. The first-order valence-corrected chi connectivity index (χ1v) is 13.0. The smallest absolute Gasteiger partial charge is 0.303 e. The van der Waals surface area contributed by atoms with Crippen LogP contribution >= 0.6 is 23.0 Å². The van der Waals surface area contributed by atoms with Crippen LogP contribution in [0.4, 0.5) is 0 Å². The number of aliphatic hydroxyl groups excluding tert-OH is 3. The Morgan fingerprint density at radius 3 is 2.42 bits per heavy atom. The first-order valence-electron chi connectivity index (χ1n) is 12.1. The minimum atomic E-state index is -0.762. The molecular formula is C24H39IO6. The number of fused-ring (bicyclic) bond motifs is 5. The van der Waals surface area contributed by atoms with Crippen LogP contribution in [0.3, 0.4) is 0 Å². The molecule has 0 bridgehead atoms. The highest BCUT2D eigenvalue weighted by Gasteiger charge is 2.67. The van der Waals surface area contributed by atoms with E-state index >= 15 is 0 Å². The largest absolute Gasteiger partial charge is 0.481 e. The monoisotopic (exact) mass is 550 g/mol. The molecule has 12 atom stereocenters. The summed E-state index contributed by atoms with van der Waals surface area (Å²) in [5.41, 5.74) is -0.461. The molecule has 0 radical (unpaired) electrons. The third-order valence-electron chi connectivity index (χ3n) is 10.5. The van der Waals surface area contributed by atoms with E-state index < -0.39 is 24.3 Å². The highest BCUT2D eigenvalue weighted by Crippen LogP contribution is 2.68. The van der Waals surface area contributed by atoms with Crippen LogP contribution in [-0.4, -0.2) is 50.8 Å². The van der Waals surface area contributed by atoms with Gasteiger partial charge in [-0.25, -0.2) is 0 Å². The Bertz CT molecular complexity index is 689. The van der Waals surface area contributed by atoms with E-state index in [9.17, 15) is 20.1 Å². The zero-order chi connectivity index (χ0) is 22.7. The molecule has 0 heterocycles. The number of hydrogen-bond acceptors (Lipinski definition) is 5. The Labute approximate surface area is 199 Å². The predicted molar refractivity (Wildman–Crippen MR) is 124 cm³/mol. The summed E-state index contributed by atoms with van der Waals surface area (Å²) in [4.78, 5) is 11.1. The SMILES string of the molecule is C[C@H](CCC(=O)O)[C@H]1CCC2C3C(C[C@H](O)[C@@]21C)[C@@]1(C)C(OI)C[C@@H](O)C[C@H]1C[C@H]3O. The number of aliphatic hydroxyl groups is 3. The van der Waals surface area contributed by atoms with Crippen LogP contribution in [0, 0.1) is 46.3 Å². The van der Waals surface area contributed by atoms with Crippen LogP contribution < -0.4 is 0 Å². The van der Waals surface area contributed by atoms with Crippen molar-refractivity contribution in [3.63, 3.8) is 0 Å². The van der Waals surface area contributed by atoms with Crippen molar-refractivity contribution in [3.05, 3.63) is 0 Å². The average Bonchev–Trinajstić information content (AvgIpc) is 3.06. The van der Waals surface area contributed by atoms with E-state index in [0.717, 1.165) is 12.8 Å². The zero-order valence-corrected chi connectivity index (χ0v) is 21.1. The Hall–Kier alpha value is 0.0400. The van der Waals surface area contributed by atoms with E-state index in [-0.39, 0.29) is 58.9 Å². The van der Waals surface area contributed by atoms with E-state index in [1.807, 2.05) is 23.0 Å². The van der Waals surface area contributed by atoms with Crippen molar-refractivity contribution in [1.82, 2.24) is 0 Å². The van der Waals surface area contributed by atoms with Gasteiger partial charge < -0.3 is 23.5 Å². The lowest BCUT2D eigenvalue weighted by atomic mass is 9.42. The molecule has 0 aliphatic heterocycles. The molecule has 31 heavy (non-hydrogen) atoms. The van der Waals surface area contributed by atoms with Crippen LogP contribution in [0.1, 0.15) is 72.1 Å². The normalized spacial score (nSPS) is 52.7. The van der Waals surface area contributed by atoms with E-state index in [2.05, 4.69) is 20.8 Å². The van der Waals surface area contributed by atoms with Crippen LogP contribution in [-0.2, 0) is 7.86 Å². The summed E-state index contributed by atoms with van der Waals surface area (Å²) in [5.74, 6) is 0.447. The van der Waals surface area contributed by atoms with E-state index in [4.69, 9.17) is 8.17 Å². The van der Waals surface area contributed by atoms with Crippen molar-refractivity contribution in [2.45, 2.75) is 96.6 Å². The molecule has 4 aliphatic carbocycles. The van der Waals surface area contributed by atoms with Crippen molar-refractivity contribution >= 4 is 29.0 Å². The maximum Gasteiger partial charge on any atom is 0.303 e. The van der Waals surface area contributed by atoms with Crippen molar-refractivity contribution in [2.75, 3.05) is 0 Å². The molecule has 0 saturated heterocycles. The molecule has 0 aromatic rings. The van der Waals surface area contributed by atoms with E-state index in [1.165, 1.54) is 0 Å². The molecule has 0 aromatic carbocycles. The zero-order valence-electron chi connectivity index (χ0n) is 18.9. The van der Waals surface area contributed by atoms with Gasteiger partial charge in [0.2, 0.25) is 0 Å². The van der Waals surface area contributed by atoms with E-state index in [0.29, 0.717) is 32.1 Å². The van der Waals surface area contributed by atoms with Gasteiger partial charge in [0.1, 0.15) is 23.0 Å². The molecule has 7 heteroatoms. The fourth-order valence-corrected chi connectivity index (χ4v) is 9.61. The fourth-order valence-electron chi connectivity index (χ4n) is 8.86. The molecule has 6 nitrogen and oxygen atoms in total. The van der Waals surface area contributed by atoms with Crippen molar-refractivity contribution in [2.24, 2.45) is 46.3 Å². The molecule has 4 aliphatic rings. The van der Waals surface area contributed by atoms with Crippen LogP contribution in [0.5, 0.6) is 0 Å². The standard InChI is InChI=1S/C24H39IO6/c1-12(4-7-21(29)30)15-5-6-16-22-17(11-19(28)24(15,16)3)23(2)13(9-18(22)27)8-14(26)10-20(23)31-25/h12-20,22,26-28H,4-11H2,1-3H3,(H,29,30)/t12-,13+,14+,15-,16?,17?,18-,19+,20?,22?,23+,24-/m1/s1. The van der Waals surface area contributed by atoms with Crippen molar-refractivity contribution in [1.29, 1.82) is 0 Å². The van der Waals surface area contributed by atoms with Gasteiger partial charge in [-0.15, -0.1) is 0 Å². The second-order valence-electron chi connectivity index (χ2n) is 11.6. The van der Waals surface area contributed by atoms with Crippen molar-refractivity contribution in [3.8, 4) is 0 Å². The molecule has 0 amide bonds. The second-order valence-corrected chi connectivity index (χ2v) is 12.1. The number of halogens is 1. The number of rotatable bonds is 5. The number of carboxylic acids is 1. The lowest BCUT2D eigenvalue weighted by Crippen LogP contribution is -2.65. The van der Waals surface area contributed by atoms with Crippen LogP contribution in [0.15, 0.2) is 0 Å². The van der Waals surface area contributed by atoms with Gasteiger partial charge in [-0.05, 0) is 79.4 Å². The van der Waals surface area contributed by atoms with Crippen LogP contribution in [0.25, 0.3) is 0 Å². The number of carboxylic acid groups (broad SMARTS) is 1. The molecule has 4 fully saturated rings. The summed E-state index contributed by atoms with van der Waals surface area (Å²) in [6.07, 6.45) is 4.04. The molecule has 4 rings (SSSR count). The quantitative estimate of drug-likeness (QED) is 0.388. The topological polar surface area (TPSA) is 107 Å². The molecule has 178 valence electrons. The molecule has 4 N–H and O–H groups in total.